The van der Waals surface area contributed by atoms with Crippen molar-refractivity contribution in [2.75, 3.05) is 0 Å². The van der Waals surface area contributed by atoms with Crippen molar-refractivity contribution < 1.29 is 0 Å². The molecule has 0 aliphatic heterocycles. The molecule has 0 spiro atoms. The largest absolute Gasteiger partial charge is 0.309 e. The van der Waals surface area contributed by atoms with Gasteiger partial charge in [0.2, 0.25) is 0 Å². The molecule has 0 radical (unpaired) electrons. The molecule has 0 bridgehead atoms. The number of nitriles is 2. The van der Waals surface area contributed by atoms with E-state index in [-0.39, 0.29) is 0 Å². The minimum absolute atomic E-state index is 0.531. The van der Waals surface area contributed by atoms with Crippen molar-refractivity contribution in [2.24, 2.45) is 0 Å². The van der Waals surface area contributed by atoms with Crippen LogP contribution in [0.15, 0.2) is 291 Å². The van der Waals surface area contributed by atoms with E-state index in [2.05, 4.69) is 227 Å². The van der Waals surface area contributed by atoms with Crippen LogP contribution < -0.4 is 0 Å². The maximum Gasteiger partial charge on any atom is 0.164 e. The van der Waals surface area contributed by atoms with Crippen LogP contribution >= 0.6 is 0 Å². The number of para-hydroxylation sites is 3. The molecule has 17 rings (SSSR count). The Balaban J connectivity index is 0.916. The zero-order valence-corrected chi connectivity index (χ0v) is 49.7. The zero-order valence-electron chi connectivity index (χ0n) is 49.7. The second-order valence-corrected chi connectivity index (χ2v) is 23.3. The average Bonchev–Trinajstić information content (AvgIpc) is 1.30. The molecule has 92 heavy (non-hydrogen) atoms. The van der Waals surface area contributed by atoms with E-state index in [0.717, 1.165) is 133 Å². The van der Waals surface area contributed by atoms with Crippen molar-refractivity contribution in [1.82, 2.24) is 33.6 Å². The molecule has 9 heteroatoms. The van der Waals surface area contributed by atoms with Gasteiger partial charge in [0.25, 0.3) is 0 Å². The Bertz CT molecular complexity index is 5830. The molecule has 0 unspecified atom stereocenters. The second-order valence-electron chi connectivity index (χ2n) is 23.3. The van der Waals surface area contributed by atoms with Gasteiger partial charge in [0.1, 0.15) is 0 Å². The summed E-state index contributed by atoms with van der Waals surface area (Å²) in [6.45, 7) is 2.15. The van der Waals surface area contributed by atoms with E-state index in [0.29, 0.717) is 28.6 Å². The molecule has 0 fully saturated rings. The van der Waals surface area contributed by atoms with E-state index >= 15 is 0 Å². The van der Waals surface area contributed by atoms with Crippen molar-refractivity contribution in [2.45, 2.75) is 6.92 Å². The van der Waals surface area contributed by atoms with E-state index in [1.54, 1.807) is 0 Å². The molecule has 17 aromatic rings. The minimum atomic E-state index is 0.531. The van der Waals surface area contributed by atoms with E-state index in [1.807, 2.05) is 97.1 Å². The molecule has 428 valence electrons. The second kappa shape index (κ2) is 21.8. The lowest BCUT2D eigenvalue weighted by molar-refractivity contribution is 1.07. The Morgan fingerprint density at radius 3 is 1.16 bits per heavy atom. The molecule has 0 N–H and O–H groups in total. The lowest BCUT2D eigenvalue weighted by Gasteiger charge is -2.21. The van der Waals surface area contributed by atoms with Crippen LogP contribution in [0, 0.1) is 29.6 Å². The first-order valence-corrected chi connectivity index (χ1v) is 30.6. The number of hydrogen-bond donors (Lipinski definition) is 0. The molecule has 5 aromatic heterocycles. The summed E-state index contributed by atoms with van der Waals surface area (Å²) < 4.78 is 6.91. The van der Waals surface area contributed by atoms with Gasteiger partial charge < -0.3 is 13.7 Å². The normalized spacial score (nSPS) is 11.5. The van der Waals surface area contributed by atoms with Crippen molar-refractivity contribution in [3.63, 3.8) is 0 Å². The Morgan fingerprint density at radius 1 is 0.283 bits per heavy atom. The predicted octanol–water partition coefficient (Wildman–Crippen LogP) is 20.3. The number of aromatic nitrogens is 7. The van der Waals surface area contributed by atoms with Crippen molar-refractivity contribution in [3.8, 4) is 108 Å². The molecule has 0 aliphatic rings. The maximum absolute atomic E-state index is 10.0. The third-order valence-electron chi connectivity index (χ3n) is 17.8. The first-order valence-electron chi connectivity index (χ1n) is 30.6. The number of fused-ring (bicyclic) bond motifs is 9. The summed E-state index contributed by atoms with van der Waals surface area (Å²) in [5.41, 5.74) is 21.5. The highest BCUT2D eigenvalue weighted by molar-refractivity contribution is 6.12. The first-order chi connectivity index (χ1) is 45.4. The monoisotopic (exact) mass is 1170 g/mol. The van der Waals surface area contributed by atoms with Gasteiger partial charge in [0, 0.05) is 82.8 Å². The Labute approximate surface area is 529 Å². The van der Waals surface area contributed by atoms with E-state index in [9.17, 15) is 10.5 Å². The van der Waals surface area contributed by atoms with Gasteiger partial charge in [-0.3, -0.25) is 0 Å². The van der Waals surface area contributed by atoms with Crippen LogP contribution in [-0.4, -0.2) is 33.6 Å². The van der Waals surface area contributed by atoms with Gasteiger partial charge in [0.15, 0.2) is 17.5 Å². The minimum Gasteiger partial charge on any atom is -0.309 e. The highest BCUT2D eigenvalue weighted by Crippen LogP contribution is 2.46. The summed E-state index contributed by atoms with van der Waals surface area (Å²) in [5.74, 6) is 1.67. The standard InChI is InChI=1S/C83H51N9/c1-52-28-43-76-68(46-52)64-21-10-13-25-73(64)90(76)60-37-31-55(32-38-60)72-49-71(63-20-8-9-24-67(63)83-88-81(58-16-4-2-5-17-58)87-82(89-83)59-18-6-3-7-19-59)79(56-33-39-61(40-34-56)91-74-26-14-11-22-65(74)69-47-53(50-84)29-44-77(69)91)80(86-72)57-35-41-62(42-36-57)92-75-27-15-12-23-66(75)70-48-54(51-85)30-45-78(70)92/h2-49H,1H3. The topological polar surface area (TPSA) is 114 Å². The number of aryl methyl sites for hydroxylation is 1. The molecule has 0 saturated carbocycles. The Morgan fingerprint density at radius 2 is 0.674 bits per heavy atom. The number of benzene rings is 12. The fourth-order valence-electron chi connectivity index (χ4n) is 13.6. The van der Waals surface area contributed by atoms with Crippen molar-refractivity contribution >= 4 is 65.4 Å². The van der Waals surface area contributed by atoms with Gasteiger partial charge in [-0.25, -0.2) is 19.9 Å². The average molecular weight is 1170 g/mol. The fraction of sp³-hybridized carbons (Fsp3) is 0.0120. The van der Waals surface area contributed by atoms with Gasteiger partial charge >= 0.3 is 0 Å². The zero-order chi connectivity index (χ0) is 61.4. The van der Waals surface area contributed by atoms with Crippen LogP contribution in [0.5, 0.6) is 0 Å². The predicted molar refractivity (Wildman–Crippen MR) is 373 cm³/mol. The molecule has 5 heterocycles. The number of hydrogen-bond acceptors (Lipinski definition) is 6. The highest BCUT2D eigenvalue weighted by Gasteiger charge is 2.25. The molecule has 0 atom stereocenters. The summed E-state index contributed by atoms with van der Waals surface area (Å²) in [6, 6.07) is 106. The van der Waals surface area contributed by atoms with Gasteiger partial charge in [-0.05, 0) is 133 Å². The molecular formula is C83H51N9. The Kier molecular flexibility index (Phi) is 12.7. The third kappa shape index (κ3) is 8.91. The van der Waals surface area contributed by atoms with Crippen LogP contribution in [-0.2, 0) is 0 Å². The summed E-state index contributed by atoms with van der Waals surface area (Å²) in [7, 11) is 0. The van der Waals surface area contributed by atoms with E-state index < -0.39 is 0 Å². The summed E-state index contributed by atoms with van der Waals surface area (Å²) >= 11 is 0. The summed E-state index contributed by atoms with van der Waals surface area (Å²) in [5, 5.41) is 26.6. The van der Waals surface area contributed by atoms with Gasteiger partial charge in [-0.2, -0.15) is 10.5 Å². The van der Waals surface area contributed by atoms with Gasteiger partial charge in [0.05, 0.1) is 67.8 Å². The SMILES string of the molecule is Cc1ccc2c(c1)c1ccccc1n2-c1ccc(-c2cc(-c3ccccc3-c3nc(-c4ccccc4)nc(-c4ccccc4)n3)c(-c3ccc(-n4c5ccccc5c5cc(C#N)ccc54)cc3)c(-c3ccc(-n4c5ccccc5c5cc(C#N)ccc54)cc3)n2)cc1. The third-order valence-corrected chi connectivity index (χ3v) is 17.8. The van der Waals surface area contributed by atoms with Crippen molar-refractivity contribution in [1.29, 1.82) is 10.5 Å². The smallest absolute Gasteiger partial charge is 0.164 e. The quantitative estimate of drug-likeness (QED) is 0.135. The van der Waals surface area contributed by atoms with Crippen LogP contribution in [0.2, 0.25) is 0 Å². The lowest BCUT2D eigenvalue weighted by atomic mass is 9.87. The van der Waals surface area contributed by atoms with Crippen LogP contribution in [0.3, 0.4) is 0 Å². The molecule has 9 nitrogen and oxygen atoms in total. The molecule has 0 saturated heterocycles. The van der Waals surface area contributed by atoms with Crippen LogP contribution in [0.25, 0.3) is 161 Å². The first kappa shape index (κ1) is 53.4. The molecule has 0 aliphatic carbocycles. The lowest BCUT2D eigenvalue weighted by Crippen LogP contribution is -2.02. The van der Waals surface area contributed by atoms with Gasteiger partial charge in [-0.1, -0.05) is 188 Å². The number of pyridine rings is 1. The van der Waals surface area contributed by atoms with Crippen LogP contribution in [0.4, 0.5) is 0 Å². The number of nitrogens with zero attached hydrogens (tertiary/aromatic N) is 9. The van der Waals surface area contributed by atoms with Gasteiger partial charge in [-0.15, -0.1) is 0 Å². The van der Waals surface area contributed by atoms with Crippen LogP contribution in [0.1, 0.15) is 16.7 Å². The maximum atomic E-state index is 10.0. The van der Waals surface area contributed by atoms with Crippen molar-refractivity contribution in [3.05, 3.63) is 308 Å². The van der Waals surface area contributed by atoms with E-state index in [4.69, 9.17) is 19.9 Å². The molecule has 0 amide bonds. The number of rotatable bonds is 10. The fourth-order valence-corrected chi connectivity index (χ4v) is 13.6. The Hall–Kier alpha value is -12.8. The molecule has 12 aromatic carbocycles. The summed E-state index contributed by atoms with van der Waals surface area (Å²) in [4.78, 5) is 21.6. The van der Waals surface area contributed by atoms with E-state index in [1.165, 1.54) is 16.3 Å². The molecular weight excluding hydrogens is 1120 g/mol. The highest BCUT2D eigenvalue weighted by atomic mass is 15.0. The summed E-state index contributed by atoms with van der Waals surface area (Å²) in [6.07, 6.45) is 0.